The first-order chi connectivity index (χ1) is 14.8. The van der Waals surface area contributed by atoms with Gasteiger partial charge in [0.25, 0.3) is 0 Å². The molecule has 3 aliphatic heterocycles. The monoisotopic (exact) mass is 427 g/mol. The second-order valence-corrected chi connectivity index (χ2v) is 9.93. The van der Waals surface area contributed by atoms with Gasteiger partial charge in [-0.2, -0.15) is 0 Å². The summed E-state index contributed by atoms with van der Waals surface area (Å²) in [5.74, 6) is 3.50. The van der Waals surface area contributed by atoms with Crippen LogP contribution in [0.4, 0.5) is 0 Å². The lowest BCUT2D eigenvalue weighted by Crippen LogP contribution is -2.35. The number of hydrogen-bond acceptors (Lipinski definition) is 6. The molecule has 0 aliphatic carbocycles. The highest BCUT2D eigenvalue weighted by molar-refractivity contribution is 7.99. The van der Waals surface area contributed by atoms with Crippen LogP contribution in [-0.4, -0.2) is 64.3 Å². The summed E-state index contributed by atoms with van der Waals surface area (Å²) in [7, 11) is 2.12. The van der Waals surface area contributed by atoms with E-state index in [2.05, 4.69) is 62.4 Å². The molecule has 6 nitrogen and oxygen atoms in total. The van der Waals surface area contributed by atoms with Gasteiger partial charge in [0.15, 0.2) is 5.16 Å². The van der Waals surface area contributed by atoms with Crippen molar-refractivity contribution in [2.75, 3.05) is 38.6 Å². The number of benzene rings is 1. The SMILES string of the molecule is Cn1c(SCCCN2C[C@@H]3CCN[C@@H]3C2c2ccccc2)nnc1C1CCOCC1. The largest absolute Gasteiger partial charge is 0.381 e. The summed E-state index contributed by atoms with van der Waals surface area (Å²) in [6.45, 7) is 5.22. The molecular weight excluding hydrogens is 394 g/mol. The normalized spacial score (nSPS) is 27.6. The molecule has 5 rings (SSSR count). The maximum atomic E-state index is 5.49. The highest BCUT2D eigenvalue weighted by Gasteiger charge is 2.44. The lowest BCUT2D eigenvalue weighted by atomic mass is 9.95. The number of aromatic nitrogens is 3. The van der Waals surface area contributed by atoms with Gasteiger partial charge in [-0.3, -0.25) is 4.90 Å². The molecule has 1 N–H and O–H groups in total. The number of hydrogen-bond donors (Lipinski definition) is 1. The molecule has 3 saturated heterocycles. The molecule has 0 amide bonds. The number of thioether (sulfide) groups is 1. The van der Waals surface area contributed by atoms with Crippen LogP contribution in [0.2, 0.25) is 0 Å². The number of fused-ring (bicyclic) bond motifs is 1. The predicted molar refractivity (Wildman–Crippen MR) is 120 cm³/mol. The molecule has 3 fully saturated rings. The molecule has 7 heteroatoms. The smallest absolute Gasteiger partial charge is 0.190 e. The molecule has 3 atom stereocenters. The predicted octanol–water partition coefficient (Wildman–Crippen LogP) is 3.23. The Morgan fingerprint density at radius 1 is 1.13 bits per heavy atom. The zero-order valence-corrected chi connectivity index (χ0v) is 18.7. The zero-order chi connectivity index (χ0) is 20.3. The fraction of sp³-hybridized carbons (Fsp3) is 0.652. The second kappa shape index (κ2) is 9.39. The Bertz CT molecular complexity index is 822. The Labute approximate surface area is 183 Å². The van der Waals surface area contributed by atoms with Gasteiger partial charge in [-0.25, -0.2) is 0 Å². The van der Waals surface area contributed by atoms with E-state index in [4.69, 9.17) is 4.74 Å². The van der Waals surface area contributed by atoms with E-state index in [1.165, 1.54) is 31.5 Å². The molecule has 0 radical (unpaired) electrons. The van der Waals surface area contributed by atoms with E-state index >= 15 is 0 Å². The van der Waals surface area contributed by atoms with Crippen LogP contribution in [0.1, 0.15) is 49.0 Å². The van der Waals surface area contributed by atoms with Crippen LogP contribution in [0, 0.1) is 5.92 Å². The van der Waals surface area contributed by atoms with Crippen molar-refractivity contribution in [2.24, 2.45) is 13.0 Å². The molecule has 0 spiro atoms. The lowest BCUT2D eigenvalue weighted by molar-refractivity contribution is 0.0828. The number of rotatable bonds is 7. The van der Waals surface area contributed by atoms with Gasteiger partial charge in [-0.05, 0) is 50.3 Å². The molecule has 1 aromatic heterocycles. The van der Waals surface area contributed by atoms with E-state index in [0.29, 0.717) is 18.0 Å². The van der Waals surface area contributed by atoms with Gasteiger partial charge in [0, 0.05) is 44.5 Å². The molecular formula is C23H33N5OS. The molecule has 0 bridgehead atoms. The van der Waals surface area contributed by atoms with E-state index in [9.17, 15) is 0 Å². The minimum absolute atomic E-state index is 0.494. The van der Waals surface area contributed by atoms with Gasteiger partial charge in [0.1, 0.15) is 5.82 Å². The van der Waals surface area contributed by atoms with Crippen LogP contribution < -0.4 is 5.32 Å². The summed E-state index contributed by atoms with van der Waals surface area (Å²) in [5, 5.41) is 13.8. The Morgan fingerprint density at radius 2 is 1.97 bits per heavy atom. The van der Waals surface area contributed by atoms with E-state index in [1.807, 2.05) is 11.8 Å². The summed E-state index contributed by atoms with van der Waals surface area (Å²) >= 11 is 1.85. The van der Waals surface area contributed by atoms with Crippen LogP contribution in [0.15, 0.2) is 35.5 Å². The zero-order valence-electron chi connectivity index (χ0n) is 17.9. The van der Waals surface area contributed by atoms with Crippen LogP contribution in [0.5, 0.6) is 0 Å². The summed E-state index contributed by atoms with van der Waals surface area (Å²) < 4.78 is 7.70. The average Bonchev–Trinajstić information content (AvgIpc) is 3.47. The van der Waals surface area contributed by atoms with Crippen molar-refractivity contribution in [1.82, 2.24) is 25.0 Å². The van der Waals surface area contributed by atoms with Crippen LogP contribution in [-0.2, 0) is 11.8 Å². The molecule has 0 saturated carbocycles. The van der Waals surface area contributed by atoms with Crippen molar-refractivity contribution in [3.05, 3.63) is 41.7 Å². The summed E-state index contributed by atoms with van der Waals surface area (Å²) in [5.41, 5.74) is 1.46. The summed E-state index contributed by atoms with van der Waals surface area (Å²) in [4.78, 5) is 2.71. The van der Waals surface area contributed by atoms with E-state index in [-0.39, 0.29) is 0 Å². The van der Waals surface area contributed by atoms with Crippen molar-refractivity contribution < 1.29 is 4.74 Å². The van der Waals surface area contributed by atoms with Crippen LogP contribution >= 0.6 is 11.8 Å². The molecule has 2 aromatic rings. The Kier molecular flexibility index (Phi) is 6.41. The first-order valence-corrected chi connectivity index (χ1v) is 12.4. The average molecular weight is 428 g/mol. The topological polar surface area (TPSA) is 55.2 Å². The lowest BCUT2D eigenvalue weighted by Gasteiger charge is -2.28. The summed E-state index contributed by atoms with van der Waals surface area (Å²) in [6, 6.07) is 12.2. The van der Waals surface area contributed by atoms with Crippen molar-refractivity contribution in [1.29, 1.82) is 0 Å². The maximum Gasteiger partial charge on any atom is 0.190 e. The van der Waals surface area contributed by atoms with Crippen molar-refractivity contribution in [2.45, 2.75) is 48.8 Å². The number of likely N-dealkylation sites (tertiary alicyclic amines) is 1. The van der Waals surface area contributed by atoms with Crippen molar-refractivity contribution in [3.63, 3.8) is 0 Å². The Balaban J connectivity index is 1.16. The van der Waals surface area contributed by atoms with Gasteiger partial charge < -0.3 is 14.6 Å². The fourth-order valence-electron chi connectivity index (χ4n) is 5.49. The molecule has 1 unspecified atom stereocenters. The first kappa shape index (κ1) is 20.5. The van der Waals surface area contributed by atoms with Gasteiger partial charge in [0.2, 0.25) is 0 Å². The molecule has 4 heterocycles. The quantitative estimate of drug-likeness (QED) is 0.541. The molecule has 3 aliphatic rings. The standard InChI is InChI=1S/C23H33N5OS/c1-27-22(18-9-13-29-14-10-18)25-26-23(27)30-15-5-12-28-16-19-8-11-24-20(19)21(28)17-6-3-2-4-7-17/h2-4,6-7,18-21,24H,5,8-16H2,1H3/t19-,20-,21?/m0/s1. The first-order valence-electron chi connectivity index (χ1n) is 11.4. The third-order valence-corrected chi connectivity index (χ3v) is 8.13. The third kappa shape index (κ3) is 4.17. The van der Waals surface area contributed by atoms with Crippen LogP contribution in [0.25, 0.3) is 0 Å². The third-order valence-electron chi connectivity index (χ3n) is 7.02. The number of ether oxygens (including phenoxy) is 1. The van der Waals surface area contributed by atoms with Gasteiger partial charge >= 0.3 is 0 Å². The van der Waals surface area contributed by atoms with Crippen molar-refractivity contribution >= 4 is 11.8 Å². The Hall–Kier alpha value is -1.41. The number of nitrogens with one attached hydrogen (secondary N) is 1. The highest BCUT2D eigenvalue weighted by Crippen LogP contribution is 2.39. The van der Waals surface area contributed by atoms with E-state index < -0.39 is 0 Å². The van der Waals surface area contributed by atoms with Gasteiger partial charge in [-0.15, -0.1) is 10.2 Å². The summed E-state index contributed by atoms with van der Waals surface area (Å²) in [6.07, 6.45) is 4.60. The molecule has 30 heavy (non-hydrogen) atoms. The molecule has 1 aromatic carbocycles. The van der Waals surface area contributed by atoms with Gasteiger partial charge in [0.05, 0.1) is 6.04 Å². The minimum Gasteiger partial charge on any atom is -0.381 e. The number of nitrogens with zero attached hydrogens (tertiary/aromatic N) is 4. The second-order valence-electron chi connectivity index (χ2n) is 8.87. The van der Waals surface area contributed by atoms with Gasteiger partial charge in [-0.1, -0.05) is 42.1 Å². The Morgan fingerprint density at radius 3 is 2.80 bits per heavy atom. The van der Waals surface area contributed by atoms with Crippen LogP contribution in [0.3, 0.4) is 0 Å². The minimum atomic E-state index is 0.494. The maximum absolute atomic E-state index is 5.49. The van der Waals surface area contributed by atoms with E-state index in [0.717, 1.165) is 55.3 Å². The van der Waals surface area contributed by atoms with E-state index in [1.54, 1.807) is 0 Å². The molecule has 162 valence electrons. The highest BCUT2D eigenvalue weighted by atomic mass is 32.2. The van der Waals surface area contributed by atoms with Crippen molar-refractivity contribution in [3.8, 4) is 0 Å². The fourth-order valence-corrected chi connectivity index (χ4v) is 6.33.